The Morgan fingerprint density at radius 2 is 2.12 bits per heavy atom. The van der Waals surface area contributed by atoms with Gasteiger partial charge in [-0.05, 0) is 20.0 Å². The van der Waals surface area contributed by atoms with Gasteiger partial charge < -0.3 is 5.32 Å². The van der Waals surface area contributed by atoms with E-state index in [4.69, 9.17) is 0 Å². The molecule has 0 saturated carbocycles. The molecule has 1 N–H and O–H groups in total. The Kier molecular flexibility index (Phi) is 2.78. The van der Waals surface area contributed by atoms with Crippen molar-refractivity contribution in [3.8, 4) is 0 Å². The third-order valence-corrected chi connectivity index (χ3v) is 2.81. The topological polar surface area (TPSA) is 47.7 Å². The molecule has 0 saturated heterocycles. The second-order valence-electron chi connectivity index (χ2n) is 3.94. The summed E-state index contributed by atoms with van der Waals surface area (Å²) in [4.78, 5) is 0. The van der Waals surface area contributed by atoms with Gasteiger partial charge in [0.1, 0.15) is 0 Å². The summed E-state index contributed by atoms with van der Waals surface area (Å²) in [5.74, 6) is 0. The first-order valence-electron chi connectivity index (χ1n) is 5.28. The highest BCUT2D eigenvalue weighted by Crippen LogP contribution is 2.22. The van der Waals surface area contributed by atoms with Crippen molar-refractivity contribution < 1.29 is 0 Å². The van der Waals surface area contributed by atoms with Crippen LogP contribution < -0.4 is 5.32 Å². The number of aromatic nitrogens is 4. The minimum Gasteiger partial charge on any atom is -0.308 e. The molecule has 0 fully saturated rings. The molecule has 2 aromatic rings. The van der Waals surface area contributed by atoms with Crippen molar-refractivity contribution in [1.82, 2.24) is 24.9 Å². The van der Waals surface area contributed by atoms with Crippen molar-refractivity contribution in [3.05, 3.63) is 35.4 Å². The maximum atomic E-state index is 4.37. The van der Waals surface area contributed by atoms with Gasteiger partial charge in [0.15, 0.2) is 0 Å². The summed E-state index contributed by atoms with van der Waals surface area (Å²) in [6.07, 6.45) is 3.86. The van der Waals surface area contributed by atoms with Gasteiger partial charge in [-0.2, -0.15) is 10.2 Å². The smallest absolute Gasteiger partial charge is 0.0779 e. The van der Waals surface area contributed by atoms with E-state index in [1.165, 1.54) is 5.56 Å². The predicted octanol–water partition coefficient (Wildman–Crippen LogP) is 0.771. The van der Waals surface area contributed by atoms with Crippen LogP contribution in [0.3, 0.4) is 0 Å². The van der Waals surface area contributed by atoms with Gasteiger partial charge in [-0.1, -0.05) is 0 Å². The van der Waals surface area contributed by atoms with Crippen LogP contribution in [0.5, 0.6) is 0 Å². The molecule has 2 rings (SSSR count). The highest BCUT2D eigenvalue weighted by molar-refractivity contribution is 5.28. The van der Waals surface area contributed by atoms with E-state index in [0.29, 0.717) is 0 Å². The molecule has 0 amide bonds. The molecule has 2 heterocycles. The molecular formula is C11H17N5. The van der Waals surface area contributed by atoms with Crippen LogP contribution in [0.4, 0.5) is 0 Å². The van der Waals surface area contributed by atoms with Gasteiger partial charge in [0.05, 0.1) is 17.4 Å². The number of hydrogen-bond donors (Lipinski definition) is 1. The normalized spacial score (nSPS) is 13.0. The van der Waals surface area contributed by atoms with Gasteiger partial charge in [-0.15, -0.1) is 0 Å². The van der Waals surface area contributed by atoms with Crippen LogP contribution in [0.1, 0.15) is 23.0 Å². The van der Waals surface area contributed by atoms with Gasteiger partial charge in [0.25, 0.3) is 0 Å². The molecule has 1 atom stereocenters. The quantitative estimate of drug-likeness (QED) is 0.829. The Balaban J connectivity index is 2.44. The first-order chi connectivity index (χ1) is 7.63. The van der Waals surface area contributed by atoms with E-state index in [1.54, 1.807) is 0 Å². The first kappa shape index (κ1) is 10.9. The van der Waals surface area contributed by atoms with Crippen molar-refractivity contribution in [2.45, 2.75) is 13.0 Å². The van der Waals surface area contributed by atoms with Gasteiger partial charge in [-0.25, -0.2) is 0 Å². The average molecular weight is 219 g/mol. The first-order valence-corrected chi connectivity index (χ1v) is 5.28. The zero-order valence-corrected chi connectivity index (χ0v) is 10.1. The lowest BCUT2D eigenvalue weighted by atomic mass is 10.1. The Hall–Kier alpha value is -1.62. The van der Waals surface area contributed by atoms with Gasteiger partial charge in [0, 0.05) is 32.1 Å². The fourth-order valence-electron chi connectivity index (χ4n) is 2.03. The van der Waals surface area contributed by atoms with Gasteiger partial charge >= 0.3 is 0 Å². The van der Waals surface area contributed by atoms with Gasteiger partial charge in [-0.3, -0.25) is 9.36 Å². The van der Waals surface area contributed by atoms with Crippen molar-refractivity contribution >= 4 is 0 Å². The Bertz CT molecular complexity index is 482. The largest absolute Gasteiger partial charge is 0.308 e. The zero-order chi connectivity index (χ0) is 11.7. The van der Waals surface area contributed by atoms with Crippen molar-refractivity contribution in [2.24, 2.45) is 14.1 Å². The molecule has 86 valence electrons. The maximum Gasteiger partial charge on any atom is 0.0779 e. The highest BCUT2D eigenvalue weighted by atomic mass is 15.3. The number of hydrogen-bond acceptors (Lipinski definition) is 3. The molecule has 0 bridgehead atoms. The summed E-state index contributed by atoms with van der Waals surface area (Å²) in [6.45, 7) is 2.02. The molecule has 0 aromatic carbocycles. The Labute approximate surface area is 95.1 Å². The molecule has 0 radical (unpaired) electrons. The van der Waals surface area contributed by atoms with E-state index in [1.807, 2.05) is 55.9 Å². The standard InChI is InChI=1S/C11H17N5/c1-8-9(7-15(3)14-8)11(12-2)10-5-6-13-16(10)4/h5-7,11-12H,1-4H3. The number of nitrogens with one attached hydrogen (secondary N) is 1. The van der Waals surface area contributed by atoms with Crippen LogP contribution in [0.25, 0.3) is 0 Å². The van der Waals surface area contributed by atoms with Crippen LogP contribution in [0.15, 0.2) is 18.5 Å². The van der Waals surface area contributed by atoms with Crippen LogP contribution in [0, 0.1) is 6.92 Å². The molecule has 16 heavy (non-hydrogen) atoms. The Morgan fingerprint density at radius 1 is 1.38 bits per heavy atom. The summed E-state index contributed by atoms with van der Waals surface area (Å²) in [5, 5.41) is 11.9. The predicted molar refractivity (Wildman–Crippen MR) is 62.1 cm³/mol. The van der Waals surface area contributed by atoms with Gasteiger partial charge in [0.2, 0.25) is 0 Å². The lowest BCUT2D eigenvalue weighted by molar-refractivity contribution is 0.603. The van der Waals surface area contributed by atoms with Crippen LogP contribution in [0.2, 0.25) is 0 Å². The maximum absolute atomic E-state index is 4.37. The van der Waals surface area contributed by atoms with Crippen LogP contribution in [-0.4, -0.2) is 26.6 Å². The molecule has 5 heteroatoms. The second kappa shape index (κ2) is 4.09. The minimum absolute atomic E-state index is 0.140. The van der Waals surface area contributed by atoms with E-state index < -0.39 is 0 Å². The fraction of sp³-hybridized carbons (Fsp3) is 0.455. The fourth-order valence-corrected chi connectivity index (χ4v) is 2.03. The van der Waals surface area contributed by atoms with Crippen LogP contribution >= 0.6 is 0 Å². The van der Waals surface area contributed by atoms with Crippen molar-refractivity contribution in [1.29, 1.82) is 0 Å². The minimum atomic E-state index is 0.140. The lowest BCUT2D eigenvalue weighted by Crippen LogP contribution is -2.20. The molecule has 0 aliphatic carbocycles. The summed E-state index contributed by atoms with van der Waals surface area (Å²) in [7, 11) is 5.84. The monoisotopic (exact) mass is 219 g/mol. The Morgan fingerprint density at radius 3 is 2.56 bits per heavy atom. The summed E-state index contributed by atoms with van der Waals surface area (Å²) < 4.78 is 3.72. The summed E-state index contributed by atoms with van der Waals surface area (Å²) >= 11 is 0. The zero-order valence-electron chi connectivity index (χ0n) is 10.1. The summed E-state index contributed by atoms with van der Waals surface area (Å²) in [6, 6.07) is 2.16. The van der Waals surface area contributed by atoms with E-state index in [2.05, 4.69) is 15.5 Å². The molecular weight excluding hydrogens is 202 g/mol. The molecule has 5 nitrogen and oxygen atoms in total. The molecule has 0 aliphatic heterocycles. The van der Waals surface area contributed by atoms with E-state index in [0.717, 1.165) is 11.4 Å². The highest BCUT2D eigenvalue weighted by Gasteiger charge is 2.19. The third-order valence-electron chi connectivity index (χ3n) is 2.81. The third kappa shape index (κ3) is 1.74. The van der Waals surface area contributed by atoms with Crippen molar-refractivity contribution in [3.63, 3.8) is 0 Å². The van der Waals surface area contributed by atoms with E-state index >= 15 is 0 Å². The number of nitrogens with zero attached hydrogens (tertiary/aromatic N) is 4. The number of rotatable bonds is 3. The SMILES string of the molecule is CNC(c1cn(C)nc1C)c1ccnn1C. The average Bonchev–Trinajstić information content (AvgIpc) is 2.77. The molecule has 2 aromatic heterocycles. The van der Waals surface area contributed by atoms with E-state index in [-0.39, 0.29) is 6.04 Å². The molecule has 0 aliphatic rings. The van der Waals surface area contributed by atoms with E-state index in [9.17, 15) is 0 Å². The number of aryl methyl sites for hydroxylation is 3. The summed E-state index contributed by atoms with van der Waals surface area (Å²) in [5.41, 5.74) is 3.37. The second-order valence-corrected chi connectivity index (χ2v) is 3.94. The molecule has 0 spiro atoms. The van der Waals surface area contributed by atoms with Crippen molar-refractivity contribution in [2.75, 3.05) is 7.05 Å². The molecule has 1 unspecified atom stereocenters. The van der Waals surface area contributed by atoms with Crippen LogP contribution in [-0.2, 0) is 14.1 Å². The lowest BCUT2D eigenvalue weighted by Gasteiger charge is -2.15.